The van der Waals surface area contributed by atoms with E-state index < -0.39 is 0 Å². The first-order valence-electron chi connectivity index (χ1n) is 8.45. The normalized spacial score (nSPS) is 16.5. The highest BCUT2D eigenvalue weighted by Gasteiger charge is 2.34. The summed E-state index contributed by atoms with van der Waals surface area (Å²) in [6.45, 7) is 0.928. The molecule has 1 atom stereocenters. The first kappa shape index (κ1) is 17.8. The number of nitrogens with one attached hydrogen (secondary N) is 1. The lowest BCUT2D eigenvalue weighted by Crippen LogP contribution is -2.28. The number of likely N-dealkylation sites (tertiary alicyclic amines) is 1. The van der Waals surface area contributed by atoms with Crippen LogP contribution >= 0.6 is 0 Å². The molecule has 1 aliphatic heterocycles. The van der Waals surface area contributed by atoms with E-state index in [-0.39, 0.29) is 24.2 Å². The number of carbonyl (C=O) groups is 2. The van der Waals surface area contributed by atoms with Crippen LogP contribution in [-0.4, -0.2) is 37.5 Å². The van der Waals surface area contributed by atoms with Crippen molar-refractivity contribution in [2.75, 3.05) is 26.1 Å². The molecule has 3 rings (SSSR count). The predicted octanol–water partition coefficient (Wildman–Crippen LogP) is 2.69. The fraction of sp³-hybridized carbons (Fsp3) is 0.300. The lowest BCUT2D eigenvalue weighted by atomic mass is 10.1. The van der Waals surface area contributed by atoms with Gasteiger partial charge >= 0.3 is 0 Å². The molecule has 1 fully saturated rings. The molecule has 0 unspecified atom stereocenters. The number of ether oxygens (including phenoxy) is 2. The quantitative estimate of drug-likeness (QED) is 0.866. The zero-order valence-corrected chi connectivity index (χ0v) is 14.9. The van der Waals surface area contributed by atoms with E-state index in [9.17, 15) is 9.59 Å². The largest absolute Gasteiger partial charge is 0.497 e. The van der Waals surface area contributed by atoms with E-state index in [1.54, 1.807) is 30.2 Å². The molecule has 0 bridgehead atoms. The van der Waals surface area contributed by atoms with E-state index >= 15 is 0 Å². The molecule has 2 aromatic carbocycles. The standard InChI is InChI=1S/C20H22N2O4/c1-25-16-8-9-18(26-2)17(11-16)21-20(24)15-10-19(23)22(13-15)12-14-6-4-3-5-7-14/h3-9,11,15H,10,12-13H2,1-2H3,(H,21,24)/t15-/m0/s1. The Labute approximate surface area is 152 Å². The number of hydrogen-bond acceptors (Lipinski definition) is 4. The topological polar surface area (TPSA) is 67.9 Å². The van der Waals surface area contributed by atoms with E-state index in [4.69, 9.17) is 9.47 Å². The highest BCUT2D eigenvalue weighted by atomic mass is 16.5. The van der Waals surface area contributed by atoms with Crippen LogP contribution in [0.15, 0.2) is 48.5 Å². The maximum atomic E-state index is 12.6. The summed E-state index contributed by atoms with van der Waals surface area (Å²) in [6, 6.07) is 15.0. The Balaban J connectivity index is 1.67. The Bertz CT molecular complexity index is 792. The van der Waals surface area contributed by atoms with Gasteiger partial charge in [-0.3, -0.25) is 9.59 Å². The minimum Gasteiger partial charge on any atom is -0.497 e. The van der Waals surface area contributed by atoms with Crippen molar-refractivity contribution in [3.05, 3.63) is 54.1 Å². The molecule has 0 aromatic heterocycles. The van der Waals surface area contributed by atoms with Gasteiger partial charge in [0.1, 0.15) is 11.5 Å². The van der Waals surface area contributed by atoms with Crippen LogP contribution in [0.2, 0.25) is 0 Å². The Hall–Kier alpha value is -3.02. The predicted molar refractivity (Wildman–Crippen MR) is 98.1 cm³/mol. The monoisotopic (exact) mass is 354 g/mol. The summed E-state index contributed by atoms with van der Waals surface area (Å²) in [6.07, 6.45) is 0.213. The SMILES string of the molecule is COc1ccc(OC)c(NC(=O)[C@H]2CC(=O)N(Cc3ccccc3)C2)c1. The number of rotatable bonds is 6. The molecule has 0 aliphatic carbocycles. The van der Waals surface area contributed by atoms with E-state index in [2.05, 4.69) is 5.32 Å². The molecule has 6 nitrogen and oxygen atoms in total. The van der Waals surface area contributed by atoms with Crippen molar-refractivity contribution in [2.45, 2.75) is 13.0 Å². The van der Waals surface area contributed by atoms with Crippen LogP contribution in [0, 0.1) is 5.92 Å². The molecule has 2 amide bonds. The van der Waals surface area contributed by atoms with Gasteiger partial charge in [0, 0.05) is 25.6 Å². The summed E-state index contributed by atoms with van der Waals surface area (Å²) in [7, 11) is 3.10. The molecular formula is C20H22N2O4. The summed E-state index contributed by atoms with van der Waals surface area (Å²) in [5.74, 6) is 0.577. The average molecular weight is 354 g/mol. The van der Waals surface area contributed by atoms with Gasteiger partial charge in [0.25, 0.3) is 0 Å². The summed E-state index contributed by atoms with van der Waals surface area (Å²) >= 11 is 0. The van der Waals surface area contributed by atoms with Crippen molar-refractivity contribution >= 4 is 17.5 Å². The van der Waals surface area contributed by atoms with Crippen molar-refractivity contribution in [1.82, 2.24) is 4.90 Å². The number of nitrogens with zero attached hydrogens (tertiary/aromatic N) is 1. The van der Waals surface area contributed by atoms with E-state index in [0.29, 0.717) is 30.3 Å². The number of carbonyl (C=O) groups excluding carboxylic acids is 2. The summed E-state index contributed by atoms with van der Waals surface area (Å²) < 4.78 is 10.5. The van der Waals surface area contributed by atoms with Gasteiger partial charge in [-0.05, 0) is 17.7 Å². The van der Waals surface area contributed by atoms with Crippen molar-refractivity contribution in [2.24, 2.45) is 5.92 Å². The van der Waals surface area contributed by atoms with Crippen LogP contribution in [0.5, 0.6) is 11.5 Å². The Morgan fingerprint density at radius 2 is 1.92 bits per heavy atom. The van der Waals surface area contributed by atoms with Gasteiger partial charge in [0.2, 0.25) is 11.8 Å². The fourth-order valence-electron chi connectivity index (χ4n) is 3.05. The maximum absolute atomic E-state index is 12.6. The molecule has 0 saturated carbocycles. The molecule has 0 spiro atoms. The molecule has 6 heteroatoms. The maximum Gasteiger partial charge on any atom is 0.229 e. The Morgan fingerprint density at radius 3 is 2.62 bits per heavy atom. The number of benzene rings is 2. The van der Waals surface area contributed by atoms with Crippen molar-refractivity contribution in [1.29, 1.82) is 0 Å². The first-order valence-corrected chi connectivity index (χ1v) is 8.45. The fourth-order valence-corrected chi connectivity index (χ4v) is 3.05. The molecule has 26 heavy (non-hydrogen) atoms. The number of amides is 2. The highest BCUT2D eigenvalue weighted by molar-refractivity contribution is 5.98. The van der Waals surface area contributed by atoms with Crippen LogP contribution < -0.4 is 14.8 Å². The number of anilines is 1. The van der Waals surface area contributed by atoms with Gasteiger partial charge in [-0.25, -0.2) is 0 Å². The van der Waals surface area contributed by atoms with Crippen LogP contribution in [-0.2, 0) is 16.1 Å². The zero-order valence-electron chi connectivity index (χ0n) is 14.9. The van der Waals surface area contributed by atoms with Crippen LogP contribution in [0.3, 0.4) is 0 Å². The van der Waals surface area contributed by atoms with Crippen LogP contribution in [0.4, 0.5) is 5.69 Å². The van der Waals surface area contributed by atoms with Gasteiger partial charge < -0.3 is 19.7 Å². The minimum absolute atomic E-state index is 0.00777. The lowest BCUT2D eigenvalue weighted by molar-refractivity contribution is -0.128. The van der Waals surface area contributed by atoms with E-state index in [1.165, 1.54) is 7.11 Å². The lowest BCUT2D eigenvalue weighted by Gasteiger charge is -2.17. The van der Waals surface area contributed by atoms with E-state index in [1.807, 2.05) is 30.3 Å². The van der Waals surface area contributed by atoms with Gasteiger partial charge in [-0.1, -0.05) is 30.3 Å². The Morgan fingerprint density at radius 1 is 1.15 bits per heavy atom. The number of hydrogen-bond donors (Lipinski definition) is 1. The third kappa shape index (κ3) is 3.96. The van der Waals surface area contributed by atoms with Crippen LogP contribution in [0.1, 0.15) is 12.0 Å². The summed E-state index contributed by atoms with van der Waals surface area (Å²) in [5, 5.41) is 2.86. The average Bonchev–Trinajstić information content (AvgIpc) is 3.03. The molecule has 1 heterocycles. The summed E-state index contributed by atoms with van der Waals surface area (Å²) in [5.41, 5.74) is 1.59. The molecule has 1 aliphatic rings. The minimum atomic E-state index is -0.387. The second-order valence-corrected chi connectivity index (χ2v) is 6.22. The molecule has 2 aromatic rings. The third-order valence-electron chi connectivity index (χ3n) is 4.47. The van der Waals surface area contributed by atoms with E-state index in [0.717, 1.165) is 5.56 Å². The highest BCUT2D eigenvalue weighted by Crippen LogP contribution is 2.30. The van der Waals surface area contributed by atoms with Crippen LogP contribution in [0.25, 0.3) is 0 Å². The smallest absolute Gasteiger partial charge is 0.229 e. The van der Waals surface area contributed by atoms with Gasteiger partial charge in [-0.15, -0.1) is 0 Å². The van der Waals surface area contributed by atoms with Crippen molar-refractivity contribution in [3.63, 3.8) is 0 Å². The zero-order chi connectivity index (χ0) is 18.5. The van der Waals surface area contributed by atoms with Gasteiger partial charge in [0.15, 0.2) is 0 Å². The van der Waals surface area contributed by atoms with Crippen molar-refractivity contribution in [3.8, 4) is 11.5 Å². The number of methoxy groups -OCH3 is 2. The second-order valence-electron chi connectivity index (χ2n) is 6.22. The molecule has 136 valence electrons. The molecular weight excluding hydrogens is 332 g/mol. The van der Waals surface area contributed by atoms with Crippen molar-refractivity contribution < 1.29 is 19.1 Å². The third-order valence-corrected chi connectivity index (χ3v) is 4.47. The summed E-state index contributed by atoms with van der Waals surface area (Å²) in [4.78, 5) is 26.6. The molecule has 0 radical (unpaired) electrons. The van der Waals surface area contributed by atoms with Gasteiger partial charge in [-0.2, -0.15) is 0 Å². The molecule has 1 N–H and O–H groups in total. The molecule has 1 saturated heterocycles. The first-order chi connectivity index (χ1) is 12.6. The van der Waals surface area contributed by atoms with Gasteiger partial charge in [0.05, 0.1) is 25.8 Å². The Kier molecular flexibility index (Phi) is 5.41. The second kappa shape index (κ2) is 7.91.